The van der Waals surface area contributed by atoms with E-state index in [4.69, 9.17) is 4.74 Å². The van der Waals surface area contributed by atoms with Crippen LogP contribution in [0.3, 0.4) is 0 Å². The summed E-state index contributed by atoms with van der Waals surface area (Å²) in [6.45, 7) is 2.58. The van der Waals surface area contributed by atoms with Gasteiger partial charge in [-0.1, -0.05) is 18.6 Å². The first kappa shape index (κ1) is 18.4. The smallest absolute Gasteiger partial charge is 0.251 e. The minimum Gasteiger partial charge on any atom is -0.497 e. The molecule has 0 bridgehead atoms. The van der Waals surface area contributed by atoms with E-state index in [1.165, 1.54) is 43.5 Å². The van der Waals surface area contributed by atoms with Crippen molar-refractivity contribution in [3.05, 3.63) is 65.5 Å². The molecule has 0 saturated carbocycles. The quantitative estimate of drug-likeness (QED) is 0.856. The van der Waals surface area contributed by atoms with Gasteiger partial charge < -0.3 is 10.1 Å². The molecule has 26 heavy (non-hydrogen) atoms. The maximum absolute atomic E-state index is 13.0. The van der Waals surface area contributed by atoms with Crippen LogP contribution in [0.25, 0.3) is 0 Å². The van der Waals surface area contributed by atoms with Crippen molar-refractivity contribution in [1.29, 1.82) is 0 Å². The van der Waals surface area contributed by atoms with Gasteiger partial charge in [0.25, 0.3) is 5.91 Å². The molecular formula is C21H25FN2O2. The van der Waals surface area contributed by atoms with Gasteiger partial charge in [-0.3, -0.25) is 9.69 Å². The van der Waals surface area contributed by atoms with Crippen molar-refractivity contribution in [2.24, 2.45) is 0 Å². The Kier molecular flexibility index (Phi) is 6.23. The molecule has 1 amide bonds. The molecule has 3 rings (SSSR count). The average Bonchev–Trinajstić information content (AvgIpc) is 2.70. The summed E-state index contributed by atoms with van der Waals surface area (Å²) in [5, 5.41) is 3.01. The van der Waals surface area contributed by atoms with E-state index >= 15 is 0 Å². The highest BCUT2D eigenvalue weighted by Gasteiger charge is 2.23. The third kappa shape index (κ3) is 4.61. The summed E-state index contributed by atoms with van der Waals surface area (Å²) in [7, 11) is 1.65. The average molecular weight is 356 g/mol. The second kappa shape index (κ2) is 8.81. The Morgan fingerprint density at radius 2 is 1.73 bits per heavy atom. The van der Waals surface area contributed by atoms with Crippen LogP contribution in [0.5, 0.6) is 5.75 Å². The minimum atomic E-state index is -0.342. The number of rotatable bonds is 6. The molecule has 1 aliphatic rings. The molecule has 1 aliphatic heterocycles. The van der Waals surface area contributed by atoms with Crippen molar-refractivity contribution >= 4 is 5.91 Å². The van der Waals surface area contributed by atoms with E-state index in [9.17, 15) is 9.18 Å². The Balaban J connectivity index is 1.72. The zero-order valence-corrected chi connectivity index (χ0v) is 15.1. The zero-order chi connectivity index (χ0) is 18.4. The number of amides is 1. The van der Waals surface area contributed by atoms with Crippen LogP contribution in [0.15, 0.2) is 48.5 Å². The second-order valence-corrected chi connectivity index (χ2v) is 6.60. The lowest BCUT2D eigenvalue weighted by Crippen LogP contribution is -2.40. The van der Waals surface area contributed by atoms with Crippen LogP contribution < -0.4 is 10.1 Å². The van der Waals surface area contributed by atoms with Gasteiger partial charge in [-0.2, -0.15) is 0 Å². The number of carbonyl (C=O) groups is 1. The molecule has 4 nitrogen and oxygen atoms in total. The first-order valence-electron chi connectivity index (χ1n) is 9.09. The van der Waals surface area contributed by atoms with Crippen LogP contribution in [0.4, 0.5) is 4.39 Å². The highest BCUT2D eigenvalue weighted by atomic mass is 19.1. The summed E-state index contributed by atoms with van der Waals surface area (Å²) < 4.78 is 18.3. The molecule has 0 aromatic heterocycles. The van der Waals surface area contributed by atoms with Gasteiger partial charge in [0.1, 0.15) is 11.6 Å². The molecule has 1 N–H and O–H groups in total. The SMILES string of the molecule is COc1ccc([C@H](CNC(=O)c2ccc(F)cc2)N2CCCCC2)cc1. The third-order valence-electron chi connectivity index (χ3n) is 4.89. The summed E-state index contributed by atoms with van der Waals surface area (Å²) in [6, 6.07) is 13.8. The topological polar surface area (TPSA) is 41.6 Å². The van der Waals surface area contributed by atoms with Crippen LogP contribution in [0.2, 0.25) is 0 Å². The summed E-state index contributed by atoms with van der Waals surface area (Å²) in [5.74, 6) is 0.299. The predicted octanol–water partition coefficient (Wildman–Crippen LogP) is 3.79. The lowest BCUT2D eigenvalue weighted by Gasteiger charge is -2.35. The summed E-state index contributed by atoms with van der Waals surface area (Å²) in [6.07, 6.45) is 3.62. The van der Waals surface area contributed by atoms with Gasteiger partial charge in [0.15, 0.2) is 0 Å². The first-order valence-corrected chi connectivity index (χ1v) is 9.09. The fourth-order valence-electron chi connectivity index (χ4n) is 3.41. The number of hydrogen-bond donors (Lipinski definition) is 1. The van der Waals surface area contributed by atoms with E-state index in [1.54, 1.807) is 7.11 Å². The fourth-order valence-corrected chi connectivity index (χ4v) is 3.41. The van der Waals surface area contributed by atoms with Crippen molar-refractivity contribution in [3.63, 3.8) is 0 Å². The van der Waals surface area contributed by atoms with Crippen LogP contribution in [-0.2, 0) is 0 Å². The van der Waals surface area contributed by atoms with Crippen LogP contribution in [0.1, 0.15) is 41.2 Å². The standard InChI is InChI=1S/C21H25FN2O2/c1-26-19-11-7-16(8-12-19)20(24-13-3-2-4-14-24)15-23-21(25)17-5-9-18(22)10-6-17/h5-12,20H,2-4,13-15H2,1H3,(H,23,25)/t20-/m0/s1. The molecule has 2 aromatic rings. The van der Waals surface area contributed by atoms with Crippen LogP contribution in [-0.4, -0.2) is 37.6 Å². The molecule has 1 saturated heterocycles. The maximum atomic E-state index is 13.0. The summed E-state index contributed by atoms with van der Waals surface area (Å²) >= 11 is 0. The monoisotopic (exact) mass is 356 g/mol. The highest BCUT2D eigenvalue weighted by molar-refractivity contribution is 5.94. The van der Waals surface area contributed by atoms with Crippen LogP contribution >= 0.6 is 0 Å². The van der Waals surface area contributed by atoms with Gasteiger partial charge in [0, 0.05) is 12.1 Å². The molecule has 0 aliphatic carbocycles. The van der Waals surface area contributed by atoms with Crippen molar-refractivity contribution in [2.45, 2.75) is 25.3 Å². The van der Waals surface area contributed by atoms with Gasteiger partial charge in [0.2, 0.25) is 0 Å². The Morgan fingerprint density at radius 3 is 2.35 bits per heavy atom. The van der Waals surface area contributed by atoms with E-state index in [-0.39, 0.29) is 17.8 Å². The van der Waals surface area contributed by atoms with E-state index in [2.05, 4.69) is 22.3 Å². The lowest BCUT2D eigenvalue weighted by molar-refractivity contribution is 0.0924. The number of methoxy groups -OCH3 is 1. The number of benzene rings is 2. The number of hydrogen-bond acceptors (Lipinski definition) is 3. The highest BCUT2D eigenvalue weighted by Crippen LogP contribution is 2.26. The largest absolute Gasteiger partial charge is 0.497 e. The van der Waals surface area contributed by atoms with E-state index in [0.717, 1.165) is 24.4 Å². The summed E-state index contributed by atoms with van der Waals surface area (Å²) in [4.78, 5) is 14.8. The van der Waals surface area contributed by atoms with E-state index in [1.807, 2.05) is 12.1 Å². The Bertz CT molecular complexity index is 710. The van der Waals surface area contributed by atoms with Crippen molar-refractivity contribution in [3.8, 4) is 5.75 Å². The Labute approximate surface area is 154 Å². The molecule has 1 atom stereocenters. The van der Waals surface area contributed by atoms with Gasteiger partial charge in [-0.25, -0.2) is 4.39 Å². The first-order chi connectivity index (χ1) is 12.7. The van der Waals surface area contributed by atoms with Gasteiger partial charge in [0.05, 0.1) is 13.2 Å². The number of nitrogens with zero attached hydrogens (tertiary/aromatic N) is 1. The third-order valence-corrected chi connectivity index (χ3v) is 4.89. The zero-order valence-electron chi connectivity index (χ0n) is 15.1. The Morgan fingerprint density at radius 1 is 1.08 bits per heavy atom. The molecule has 0 radical (unpaired) electrons. The van der Waals surface area contributed by atoms with E-state index in [0.29, 0.717) is 12.1 Å². The minimum absolute atomic E-state index is 0.116. The normalized spacial score (nSPS) is 16.1. The number of likely N-dealkylation sites (tertiary alicyclic amines) is 1. The number of halogens is 1. The fraction of sp³-hybridized carbons (Fsp3) is 0.381. The molecule has 1 fully saturated rings. The number of carbonyl (C=O) groups excluding carboxylic acids is 1. The van der Waals surface area contributed by atoms with Crippen LogP contribution in [0, 0.1) is 5.82 Å². The molecule has 1 heterocycles. The molecule has 0 unspecified atom stereocenters. The number of ether oxygens (including phenoxy) is 1. The maximum Gasteiger partial charge on any atom is 0.251 e. The number of piperidine rings is 1. The van der Waals surface area contributed by atoms with Crippen molar-refractivity contribution in [1.82, 2.24) is 10.2 Å². The van der Waals surface area contributed by atoms with Gasteiger partial charge in [-0.05, 0) is 67.9 Å². The van der Waals surface area contributed by atoms with Crippen molar-refractivity contribution in [2.75, 3.05) is 26.7 Å². The van der Waals surface area contributed by atoms with Gasteiger partial charge in [-0.15, -0.1) is 0 Å². The second-order valence-electron chi connectivity index (χ2n) is 6.60. The lowest BCUT2D eigenvalue weighted by atomic mass is 10.0. The summed E-state index contributed by atoms with van der Waals surface area (Å²) in [5.41, 5.74) is 1.63. The molecular weight excluding hydrogens is 331 g/mol. The predicted molar refractivity (Wildman–Crippen MR) is 99.9 cm³/mol. The van der Waals surface area contributed by atoms with E-state index < -0.39 is 0 Å². The number of nitrogens with one attached hydrogen (secondary N) is 1. The molecule has 0 spiro atoms. The molecule has 5 heteroatoms. The molecule has 138 valence electrons. The van der Waals surface area contributed by atoms with Crippen molar-refractivity contribution < 1.29 is 13.9 Å². The molecule has 2 aromatic carbocycles. The Hall–Kier alpha value is -2.40. The van der Waals surface area contributed by atoms with Gasteiger partial charge >= 0.3 is 0 Å².